The van der Waals surface area contributed by atoms with E-state index in [4.69, 9.17) is 24.2 Å². The molecule has 0 aliphatic heterocycles. The number of nitrogens with zero attached hydrogens (tertiary/aromatic N) is 1. The summed E-state index contributed by atoms with van der Waals surface area (Å²) in [6.45, 7) is 10.4. The minimum Gasteiger partial charge on any atom is -0.508 e. The lowest BCUT2D eigenvalue weighted by Crippen LogP contribution is -2.64. The fraction of sp³-hybridized carbons (Fsp3) is 0.378. The van der Waals surface area contributed by atoms with Crippen molar-refractivity contribution in [3.8, 4) is 11.6 Å². The van der Waals surface area contributed by atoms with Gasteiger partial charge in [0.25, 0.3) is 5.88 Å². The number of methoxy groups -OCH3 is 1. The predicted octanol–water partition coefficient (Wildman–Crippen LogP) is 7.26. The van der Waals surface area contributed by atoms with Crippen LogP contribution in [0.1, 0.15) is 70.8 Å². The van der Waals surface area contributed by atoms with Crippen LogP contribution in [-0.4, -0.2) is 42.9 Å². The monoisotopic (exact) mass is 652 g/mol. The summed E-state index contributed by atoms with van der Waals surface area (Å²) in [6, 6.07) is 18.4. The molecule has 4 atom stereocenters. The molecule has 0 fully saturated rings. The number of Topliss-reactive ketones (excluding diaryl/α,β-unsaturated/α-hetero) is 2. The van der Waals surface area contributed by atoms with Crippen molar-refractivity contribution >= 4 is 30.7 Å². The number of aliphatic hydroxyl groups is 1. The zero-order valence-corrected chi connectivity index (χ0v) is 28.5. The van der Waals surface area contributed by atoms with Crippen LogP contribution in [-0.2, 0) is 17.5 Å². The molecule has 47 heavy (non-hydrogen) atoms. The molecule has 1 unspecified atom stereocenters. The summed E-state index contributed by atoms with van der Waals surface area (Å²) in [5.74, 6) is -1.80. The van der Waals surface area contributed by atoms with Gasteiger partial charge in [0.1, 0.15) is 23.7 Å². The number of nitrogens with two attached hydrogens (primary N) is 1. The third kappa shape index (κ3) is 4.60. The first-order valence-electron chi connectivity index (χ1n) is 16.0. The van der Waals surface area contributed by atoms with Crippen LogP contribution in [0.4, 0.5) is 0 Å². The number of ether oxygens (including phenoxy) is 2. The molecule has 0 spiro atoms. The van der Waals surface area contributed by atoms with Crippen molar-refractivity contribution in [2.24, 2.45) is 17.6 Å². The van der Waals surface area contributed by atoms with Gasteiger partial charge in [-0.1, -0.05) is 81.4 Å². The summed E-state index contributed by atoms with van der Waals surface area (Å²) in [4.78, 5) is 29.7. The minimum absolute atomic E-state index is 0.0191. The molecule has 3 aromatic carbocycles. The lowest BCUT2D eigenvalue weighted by molar-refractivity contribution is -0.0273. The van der Waals surface area contributed by atoms with E-state index in [0.717, 1.165) is 21.9 Å². The Bertz CT molecular complexity index is 1960. The van der Waals surface area contributed by atoms with Crippen LogP contribution in [0.5, 0.6) is 11.6 Å². The quantitative estimate of drug-likeness (QED) is 0.206. The Morgan fingerprint density at radius 3 is 2.47 bits per heavy atom. The molecule has 7 rings (SSSR count). The molecule has 3 aliphatic rings. The molecular weight excluding hydrogens is 613 g/mol. The van der Waals surface area contributed by atoms with Crippen LogP contribution in [0.15, 0.2) is 76.5 Å². The number of hydrogen-bond acceptors (Lipinski definition) is 9. The van der Waals surface area contributed by atoms with Crippen molar-refractivity contribution in [3.63, 3.8) is 0 Å². The number of rotatable bonds is 6. The van der Waals surface area contributed by atoms with Crippen LogP contribution in [0.25, 0.3) is 10.8 Å². The van der Waals surface area contributed by atoms with Gasteiger partial charge in [0.05, 0.1) is 18.7 Å². The fourth-order valence-electron chi connectivity index (χ4n) is 7.35. The molecule has 0 saturated carbocycles. The van der Waals surface area contributed by atoms with E-state index in [-0.39, 0.29) is 46.0 Å². The third-order valence-corrected chi connectivity index (χ3v) is 15.2. The third-order valence-electron chi connectivity index (χ3n) is 10.7. The average Bonchev–Trinajstić information content (AvgIpc) is 3.47. The second-order valence-electron chi connectivity index (χ2n) is 14.5. The number of aliphatic hydroxyl groups excluding tert-OH is 1. The van der Waals surface area contributed by atoms with Crippen molar-refractivity contribution in [2.45, 2.75) is 70.0 Å². The number of fused-ring (bicyclic) bond motifs is 5. The summed E-state index contributed by atoms with van der Waals surface area (Å²) in [5.41, 5.74) is 7.37. The molecule has 0 amide bonds. The van der Waals surface area contributed by atoms with Gasteiger partial charge in [0.2, 0.25) is 5.78 Å². The lowest BCUT2D eigenvalue weighted by atomic mass is 9.59. The minimum atomic E-state index is -2.82. The van der Waals surface area contributed by atoms with Crippen molar-refractivity contribution in [1.29, 1.82) is 0 Å². The van der Waals surface area contributed by atoms with E-state index in [0.29, 0.717) is 24.2 Å². The van der Waals surface area contributed by atoms with E-state index in [9.17, 15) is 9.90 Å². The average molecular weight is 653 g/mol. The van der Waals surface area contributed by atoms with Crippen molar-refractivity contribution in [1.82, 2.24) is 5.16 Å². The number of allylic oxidation sites excluding steroid dienone is 1. The molecule has 4 aromatic rings. The highest BCUT2D eigenvalue weighted by Crippen LogP contribution is 2.58. The van der Waals surface area contributed by atoms with E-state index in [1.54, 1.807) is 7.11 Å². The first-order chi connectivity index (χ1) is 22.3. The Morgan fingerprint density at radius 1 is 1.06 bits per heavy atom. The topological polar surface area (TPSA) is 134 Å². The van der Waals surface area contributed by atoms with Gasteiger partial charge in [-0.25, -0.2) is 0 Å². The fourth-order valence-corrected chi connectivity index (χ4v) is 8.80. The highest BCUT2D eigenvalue weighted by molar-refractivity contribution is 6.74. The largest absolute Gasteiger partial charge is 0.508 e. The number of hydrogen-bond donors (Lipinski definition) is 2. The standard InChI is InChI=1S/C37H40N2O7Si/c1-36(2,3)47(5,6)46-37-25(29(38)32-28(34(37)42)35(39-45-32)44-19-20-12-8-7-9-13-20)18-23-17-22-16-21-14-10-11-15-24(21)31(43-4)26(22)30(40)27(23)33(37)41/h7-16,23,25,29,41H,17-19,38H2,1-6H3/t23-,25-,29-,37?/m0/s1. The van der Waals surface area contributed by atoms with E-state index >= 15 is 4.79 Å². The first-order valence-corrected chi connectivity index (χ1v) is 18.9. The Balaban J connectivity index is 1.42. The van der Waals surface area contributed by atoms with Crippen molar-refractivity contribution in [2.75, 3.05) is 7.11 Å². The molecule has 3 N–H and O–H groups in total. The molecule has 244 valence electrons. The number of benzene rings is 3. The zero-order chi connectivity index (χ0) is 33.5. The Kier molecular flexibility index (Phi) is 7.27. The predicted molar refractivity (Wildman–Crippen MR) is 179 cm³/mol. The number of carbonyl (C=O) groups excluding carboxylic acids is 2. The lowest BCUT2D eigenvalue weighted by Gasteiger charge is -2.53. The Hall–Kier alpha value is -4.25. The maximum Gasteiger partial charge on any atom is 0.265 e. The Morgan fingerprint density at radius 2 is 1.77 bits per heavy atom. The molecule has 0 saturated heterocycles. The highest BCUT2D eigenvalue weighted by atomic mass is 28.4. The summed E-state index contributed by atoms with van der Waals surface area (Å²) in [5, 5.41) is 18.1. The van der Waals surface area contributed by atoms with E-state index in [1.165, 1.54) is 0 Å². The molecular formula is C37H40N2O7Si. The van der Waals surface area contributed by atoms with Crippen LogP contribution in [0.2, 0.25) is 18.1 Å². The zero-order valence-electron chi connectivity index (χ0n) is 27.5. The second kappa shape index (κ2) is 10.9. The van der Waals surface area contributed by atoms with Gasteiger partial charge in [0.15, 0.2) is 25.5 Å². The summed E-state index contributed by atoms with van der Waals surface area (Å²) >= 11 is 0. The van der Waals surface area contributed by atoms with Gasteiger partial charge in [-0.15, -0.1) is 0 Å². The van der Waals surface area contributed by atoms with Crippen LogP contribution in [0.3, 0.4) is 0 Å². The number of carbonyl (C=O) groups is 2. The summed E-state index contributed by atoms with van der Waals surface area (Å²) in [7, 11) is -1.27. The summed E-state index contributed by atoms with van der Waals surface area (Å²) in [6.07, 6.45) is 0.783. The first kappa shape index (κ1) is 31.4. The molecule has 0 bridgehead atoms. The van der Waals surface area contributed by atoms with Gasteiger partial charge < -0.3 is 29.3 Å². The van der Waals surface area contributed by atoms with Gasteiger partial charge in [0, 0.05) is 16.9 Å². The highest BCUT2D eigenvalue weighted by Gasteiger charge is 2.66. The van der Waals surface area contributed by atoms with Gasteiger partial charge in [-0.2, -0.15) is 0 Å². The molecule has 10 heteroatoms. The second-order valence-corrected chi connectivity index (χ2v) is 19.2. The molecule has 9 nitrogen and oxygen atoms in total. The molecule has 0 radical (unpaired) electrons. The van der Waals surface area contributed by atoms with Crippen molar-refractivity contribution < 1.29 is 33.1 Å². The smallest absolute Gasteiger partial charge is 0.265 e. The van der Waals surface area contributed by atoms with Gasteiger partial charge in [-0.3, -0.25) is 9.59 Å². The van der Waals surface area contributed by atoms with Gasteiger partial charge >= 0.3 is 0 Å². The summed E-state index contributed by atoms with van der Waals surface area (Å²) < 4.78 is 24.7. The Labute approximate surface area is 274 Å². The van der Waals surface area contributed by atoms with E-state index < -0.39 is 37.6 Å². The number of ketones is 2. The number of aromatic nitrogens is 1. The molecule has 1 aromatic heterocycles. The maximum atomic E-state index is 15.1. The van der Waals surface area contributed by atoms with Crippen LogP contribution < -0.4 is 15.2 Å². The van der Waals surface area contributed by atoms with E-state index in [1.807, 2.05) is 73.8 Å². The SMILES string of the molecule is COc1c2c(cc3ccccc13)C[C@H]1C[C@H]3[C@H](N)c4onc(OCc5ccccc5)c4C(=O)C3(O[Si](C)(C)C(C)(C)C)C(O)=C1C2=O. The van der Waals surface area contributed by atoms with Crippen LogP contribution in [0, 0.1) is 11.8 Å². The van der Waals surface area contributed by atoms with Crippen molar-refractivity contribution in [3.05, 3.63) is 100 Å². The van der Waals surface area contributed by atoms with Gasteiger partial charge in [-0.05, 0) is 58.6 Å². The normalized spacial score (nSPS) is 24.0. The van der Waals surface area contributed by atoms with E-state index in [2.05, 4.69) is 25.9 Å². The van der Waals surface area contributed by atoms with Crippen LogP contribution >= 0.6 is 0 Å². The molecule has 3 aliphatic carbocycles. The maximum absolute atomic E-state index is 15.1. The molecule has 1 heterocycles.